The summed E-state index contributed by atoms with van der Waals surface area (Å²) < 4.78 is 1.56. The Balaban J connectivity index is 2.77. The third kappa shape index (κ3) is 1.33. The Morgan fingerprint density at radius 2 is 2.46 bits per heavy atom. The highest BCUT2D eigenvalue weighted by molar-refractivity contribution is 6.29. The molecule has 0 unspecified atom stereocenters. The maximum Gasteiger partial charge on any atom is 0.148 e. The van der Waals surface area contributed by atoms with E-state index in [1.54, 1.807) is 23.0 Å². The Kier molecular flexibility index (Phi) is 1.86. The van der Waals surface area contributed by atoms with Crippen LogP contribution in [0.2, 0.25) is 5.15 Å². The van der Waals surface area contributed by atoms with E-state index >= 15 is 0 Å². The van der Waals surface area contributed by atoms with Gasteiger partial charge < -0.3 is 5.21 Å². The van der Waals surface area contributed by atoms with Crippen molar-refractivity contribution in [3.63, 3.8) is 0 Å². The van der Waals surface area contributed by atoms with E-state index in [-0.39, 0.29) is 0 Å². The lowest BCUT2D eigenvalue weighted by molar-refractivity contribution is 0.321. The fourth-order valence-electron chi connectivity index (χ4n) is 1.07. The molecule has 0 atom stereocenters. The van der Waals surface area contributed by atoms with Crippen molar-refractivity contribution in [2.45, 2.75) is 0 Å². The lowest BCUT2D eigenvalue weighted by Gasteiger charge is -1.97. The summed E-state index contributed by atoms with van der Waals surface area (Å²) in [7, 11) is 0. The van der Waals surface area contributed by atoms with Crippen molar-refractivity contribution in [2.24, 2.45) is 5.16 Å². The number of halogens is 1. The SMILES string of the molecule is ON=Cc1nc(Cl)cn2nccc12. The Morgan fingerprint density at radius 3 is 3.23 bits per heavy atom. The first-order valence-electron chi connectivity index (χ1n) is 3.48. The van der Waals surface area contributed by atoms with Gasteiger partial charge in [-0.25, -0.2) is 9.50 Å². The standard InChI is InChI=1S/C7H5ClN4O/c8-7-4-12-6(1-2-9-12)5(11-7)3-10-13/h1-4,13H. The quantitative estimate of drug-likeness (QED) is 0.423. The van der Waals surface area contributed by atoms with E-state index in [4.69, 9.17) is 16.8 Å². The highest BCUT2D eigenvalue weighted by atomic mass is 35.5. The van der Waals surface area contributed by atoms with Gasteiger partial charge in [0.15, 0.2) is 0 Å². The van der Waals surface area contributed by atoms with Crippen LogP contribution in [0, 0.1) is 0 Å². The molecule has 0 aromatic carbocycles. The van der Waals surface area contributed by atoms with Crippen molar-refractivity contribution >= 4 is 23.3 Å². The summed E-state index contributed by atoms with van der Waals surface area (Å²) in [6.45, 7) is 0. The Hall–Kier alpha value is -1.62. The van der Waals surface area contributed by atoms with Crippen LogP contribution in [-0.4, -0.2) is 26.0 Å². The summed E-state index contributed by atoms with van der Waals surface area (Å²) in [5.74, 6) is 0. The van der Waals surface area contributed by atoms with Crippen LogP contribution < -0.4 is 0 Å². The molecule has 2 rings (SSSR count). The second kappa shape index (κ2) is 3.02. The lowest BCUT2D eigenvalue weighted by Crippen LogP contribution is -1.96. The summed E-state index contributed by atoms with van der Waals surface area (Å²) in [5.41, 5.74) is 1.22. The number of fused-ring (bicyclic) bond motifs is 1. The molecule has 0 saturated carbocycles. The van der Waals surface area contributed by atoms with Gasteiger partial charge in [-0.1, -0.05) is 16.8 Å². The molecule has 0 saturated heterocycles. The van der Waals surface area contributed by atoms with Crippen LogP contribution in [0.15, 0.2) is 23.6 Å². The van der Waals surface area contributed by atoms with Crippen LogP contribution in [-0.2, 0) is 0 Å². The molecule has 0 aliphatic heterocycles. The molecule has 0 amide bonds. The van der Waals surface area contributed by atoms with Crippen molar-refractivity contribution in [1.82, 2.24) is 14.6 Å². The highest BCUT2D eigenvalue weighted by Crippen LogP contribution is 2.10. The van der Waals surface area contributed by atoms with Gasteiger partial charge in [-0.15, -0.1) is 0 Å². The molecular weight excluding hydrogens is 192 g/mol. The van der Waals surface area contributed by atoms with E-state index < -0.39 is 0 Å². The van der Waals surface area contributed by atoms with Crippen LogP contribution >= 0.6 is 11.6 Å². The summed E-state index contributed by atoms with van der Waals surface area (Å²) in [6.07, 6.45) is 4.40. The Bertz CT molecular complexity index is 464. The number of oxime groups is 1. The predicted octanol–water partition coefficient (Wildman–Crippen LogP) is 1.19. The zero-order valence-electron chi connectivity index (χ0n) is 6.42. The molecule has 66 valence electrons. The van der Waals surface area contributed by atoms with Gasteiger partial charge in [0.1, 0.15) is 10.8 Å². The minimum atomic E-state index is 0.297. The average molecular weight is 197 g/mol. The first-order valence-corrected chi connectivity index (χ1v) is 3.86. The van der Waals surface area contributed by atoms with Crippen LogP contribution in [0.3, 0.4) is 0 Å². The maximum absolute atomic E-state index is 8.36. The zero-order valence-corrected chi connectivity index (χ0v) is 7.18. The average Bonchev–Trinajstić information content (AvgIpc) is 2.52. The molecule has 13 heavy (non-hydrogen) atoms. The third-order valence-electron chi connectivity index (χ3n) is 1.57. The molecule has 5 nitrogen and oxygen atoms in total. The molecule has 6 heteroatoms. The summed E-state index contributed by atoms with van der Waals surface area (Å²) in [6, 6.07) is 1.75. The van der Waals surface area contributed by atoms with Gasteiger partial charge in [-0.2, -0.15) is 5.10 Å². The Labute approximate surface area is 78.3 Å². The second-order valence-electron chi connectivity index (χ2n) is 2.35. The largest absolute Gasteiger partial charge is 0.411 e. The molecule has 0 bridgehead atoms. The van der Waals surface area contributed by atoms with Gasteiger partial charge in [-0.3, -0.25) is 0 Å². The van der Waals surface area contributed by atoms with Crippen LogP contribution in [0.25, 0.3) is 5.52 Å². The molecule has 0 aliphatic carbocycles. The van der Waals surface area contributed by atoms with Crippen LogP contribution in [0.4, 0.5) is 0 Å². The van der Waals surface area contributed by atoms with Gasteiger partial charge in [0.2, 0.25) is 0 Å². The lowest BCUT2D eigenvalue weighted by atomic mass is 10.4. The molecule has 0 fully saturated rings. The van der Waals surface area contributed by atoms with Crippen molar-refractivity contribution in [3.8, 4) is 0 Å². The van der Waals surface area contributed by atoms with E-state index in [2.05, 4.69) is 15.2 Å². The molecule has 2 aromatic heterocycles. The summed E-state index contributed by atoms with van der Waals surface area (Å²) in [5, 5.41) is 15.5. The highest BCUT2D eigenvalue weighted by Gasteiger charge is 2.03. The second-order valence-corrected chi connectivity index (χ2v) is 2.74. The van der Waals surface area contributed by atoms with Gasteiger partial charge in [0, 0.05) is 0 Å². The number of hydrogen-bond donors (Lipinski definition) is 1. The zero-order chi connectivity index (χ0) is 9.26. The monoisotopic (exact) mass is 196 g/mol. The van der Waals surface area contributed by atoms with Crippen molar-refractivity contribution in [1.29, 1.82) is 0 Å². The number of rotatable bonds is 1. The van der Waals surface area contributed by atoms with Gasteiger partial charge in [0.25, 0.3) is 0 Å². The molecular formula is C7H5ClN4O. The summed E-state index contributed by atoms with van der Waals surface area (Å²) in [4.78, 5) is 3.96. The molecule has 1 N–H and O–H groups in total. The molecule has 2 aromatic rings. The van der Waals surface area contributed by atoms with E-state index in [0.717, 1.165) is 5.52 Å². The van der Waals surface area contributed by atoms with Crippen molar-refractivity contribution in [2.75, 3.05) is 0 Å². The molecule has 0 radical (unpaired) electrons. The summed E-state index contributed by atoms with van der Waals surface area (Å²) >= 11 is 5.70. The topological polar surface area (TPSA) is 62.8 Å². The fourth-order valence-corrected chi connectivity index (χ4v) is 1.26. The Morgan fingerprint density at radius 1 is 1.62 bits per heavy atom. The van der Waals surface area contributed by atoms with Crippen molar-refractivity contribution < 1.29 is 5.21 Å². The van der Waals surface area contributed by atoms with E-state index in [9.17, 15) is 0 Å². The predicted molar refractivity (Wildman–Crippen MR) is 47.4 cm³/mol. The fraction of sp³-hybridized carbons (Fsp3) is 0. The van der Waals surface area contributed by atoms with Crippen molar-refractivity contribution in [3.05, 3.63) is 29.3 Å². The first kappa shape index (κ1) is 8.00. The van der Waals surface area contributed by atoms with E-state index in [1.165, 1.54) is 6.21 Å². The minimum absolute atomic E-state index is 0.297. The third-order valence-corrected chi connectivity index (χ3v) is 1.75. The van der Waals surface area contributed by atoms with E-state index in [1.807, 2.05) is 0 Å². The molecule has 2 heterocycles. The molecule has 0 spiro atoms. The smallest absolute Gasteiger partial charge is 0.148 e. The number of hydrogen-bond acceptors (Lipinski definition) is 4. The normalized spacial score (nSPS) is 11.5. The van der Waals surface area contributed by atoms with Gasteiger partial charge in [0.05, 0.1) is 24.1 Å². The minimum Gasteiger partial charge on any atom is -0.411 e. The van der Waals surface area contributed by atoms with Gasteiger partial charge >= 0.3 is 0 Å². The van der Waals surface area contributed by atoms with E-state index in [0.29, 0.717) is 10.8 Å². The van der Waals surface area contributed by atoms with Gasteiger partial charge in [-0.05, 0) is 6.07 Å². The number of aromatic nitrogens is 3. The van der Waals surface area contributed by atoms with Crippen LogP contribution in [0.5, 0.6) is 0 Å². The van der Waals surface area contributed by atoms with Crippen LogP contribution in [0.1, 0.15) is 5.69 Å². The number of nitrogens with zero attached hydrogens (tertiary/aromatic N) is 4. The maximum atomic E-state index is 8.36. The first-order chi connectivity index (χ1) is 6.31. The molecule has 0 aliphatic rings.